The molecule has 0 radical (unpaired) electrons. The molecule has 0 bridgehead atoms. The molecule has 0 aromatic heterocycles. The highest BCUT2D eigenvalue weighted by Crippen LogP contribution is 2.51. The van der Waals surface area contributed by atoms with Gasteiger partial charge in [0.25, 0.3) is 0 Å². The Kier molecular flexibility index (Phi) is 3.34. The lowest BCUT2D eigenvalue weighted by Gasteiger charge is -2.24. The fraction of sp³-hybridized carbons (Fsp3) is 0.538. The fourth-order valence-corrected chi connectivity index (χ4v) is 3.46. The fourth-order valence-electron chi connectivity index (χ4n) is 2.93. The van der Waals surface area contributed by atoms with Crippen LogP contribution < -0.4 is 0 Å². The molecule has 1 saturated heterocycles. The van der Waals surface area contributed by atoms with Gasteiger partial charge >= 0.3 is 6.23 Å². The van der Waals surface area contributed by atoms with E-state index in [0.717, 1.165) is 18.5 Å². The van der Waals surface area contributed by atoms with E-state index in [1.165, 1.54) is 5.56 Å². The lowest BCUT2D eigenvalue weighted by molar-refractivity contribution is -0.927. The molecule has 0 N–H and O–H groups in total. The van der Waals surface area contributed by atoms with E-state index >= 15 is 0 Å². The molecule has 6 nitrogen and oxygen atoms in total. The average molecular weight is 299 g/mol. The van der Waals surface area contributed by atoms with Gasteiger partial charge in [-0.05, 0) is 18.1 Å². The number of hydroxylamine groups is 3. The molecule has 1 aromatic rings. The van der Waals surface area contributed by atoms with E-state index in [0.29, 0.717) is 17.6 Å². The van der Waals surface area contributed by atoms with Gasteiger partial charge in [0.1, 0.15) is 19.2 Å². The molecule has 110 valence electrons. The smallest absolute Gasteiger partial charge is 0.300 e. The van der Waals surface area contributed by atoms with Crippen LogP contribution in [0.4, 0.5) is 0 Å². The number of fused-ring (bicyclic) bond motifs is 3. The first-order chi connectivity index (χ1) is 9.43. The van der Waals surface area contributed by atoms with Crippen molar-refractivity contribution in [2.75, 3.05) is 13.1 Å². The summed E-state index contributed by atoms with van der Waals surface area (Å²) in [5.74, 6) is 0. The number of hydrogen-bond donors (Lipinski definition) is 0. The summed E-state index contributed by atoms with van der Waals surface area (Å²) in [4.78, 5) is 5.80. The van der Waals surface area contributed by atoms with E-state index in [4.69, 9.17) is 4.84 Å². The van der Waals surface area contributed by atoms with Gasteiger partial charge in [-0.25, -0.2) is 8.42 Å². The highest BCUT2D eigenvalue weighted by Gasteiger charge is 2.63. The third kappa shape index (κ3) is 2.59. The van der Waals surface area contributed by atoms with E-state index in [1.54, 1.807) is 6.92 Å². The maximum Gasteiger partial charge on any atom is 0.300 e. The Balaban J connectivity index is 1.74. The Morgan fingerprint density at radius 2 is 2.25 bits per heavy atom. The molecule has 3 rings (SSSR count). The standard InChI is InChI=1S/C13H17NO5S/c1-2-11(19-20(15,16)17)9-14-8-7-10-5-3-4-6-12(10)13(14)18-14/h3-6,11,13H,2,7-9H2,1H3. The van der Waals surface area contributed by atoms with Crippen molar-refractivity contribution in [3.8, 4) is 0 Å². The minimum Gasteiger partial charge on any atom is -0.726 e. The molecule has 1 aromatic carbocycles. The first kappa shape index (κ1) is 14.0. The molecule has 1 fully saturated rings. The van der Waals surface area contributed by atoms with Gasteiger partial charge in [-0.1, -0.05) is 25.1 Å². The summed E-state index contributed by atoms with van der Waals surface area (Å²) in [5, 5.41) is 0. The van der Waals surface area contributed by atoms with Crippen molar-refractivity contribution < 1.29 is 26.6 Å². The highest BCUT2D eigenvalue weighted by molar-refractivity contribution is 7.80. The zero-order chi connectivity index (χ0) is 14.4. The van der Waals surface area contributed by atoms with Crippen LogP contribution in [0, 0.1) is 0 Å². The van der Waals surface area contributed by atoms with Crippen LogP contribution in [-0.4, -0.2) is 36.8 Å². The van der Waals surface area contributed by atoms with Gasteiger partial charge in [-0.3, -0.25) is 4.18 Å². The molecule has 20 heavy (non-hydrogen) atoms. The molecule has 0 saturated carbocycles. The lowest BCUT2D eigenvalue weighted by Crippen LogP contribution is -2.40. The third-order valence-electron chi connectivity index (χ3n) is 3.99. The van der Waals surface area contributed by atoms with Crippen molar-refractivity contribution in [3.05, 3.63) is 35.4 Å². The van der Waals surface area contributed by atoms with Crippen molar-refractivity contribution >= 4 is 10.4 Å². The molecule has 3 atom stereocenters. The zero-order valence-corrected chi connectivity index (χ0v) is 12.0. The van der Waals surface area contributed by atoms with Gasteiger partial charge in [0.15, 0.2) is 0 Å². The minimum atomic E-state index is -4.67. The maximum atomic E-state index is 10.7. The van der Waals surface area contributed by atoms with Gasteiger partial charge in [-0.15, -0.1) is 9.48 Å². The summed E-state index contributed by atoms with van der Waals surface area (Å²) in [6, 6.07) is 8.09. The monoisotopic (exact) mass is 299 g/mol. The van der Waals surface area contributed by atoms with Gasteiger partial charge < -0.3 is 4.55 Å². The quantitative estimate of drug-likeness (QED) is 0.354. The van der Waals surface area contributed by atoms with Crippen molar-refractivity contribution in [3.63, 3.8) is 0 Å². The SMILES string of the molecule is CCC(C[N+]12CCc3ccccc3C1O2)OS(=O)(=O)[O-]. The molecule has 2 heterocycles. The topological polar surface area (TPSA) is 79.0 Å². The molecule has 3 unspecified atom stereocenters. The van der Waals surface area contributed by atoms with Crippen LogP contribution in [0.5, 0.6) is 0 Å². The number of hydrogen-bond acceptors (Lipinski definition) is 5. The van der Waals surface area contributed by atoms with Crippen molar-refractivity contribution in [2.24, 2.45) is 0 Å². The summed E-state index contributed by atoms with van der Waals surface area (Å²) in [6.07, 6.45) is 0.659. The van der Waals surface area contributed by atoms with E-state index in [1.807, 2.05) is 18.2 Å². The summed E-state index contributed by atoms with van der Waals surface area (Å²) >= 11 is 0. The second-order valence-electron chi connectivity index (χ2n) is 5.30. The molecule has 0 amide bonds. The van der Waals surface area contributed by atoms with Gasteiger partial charge in [-0.2, -0.15) is 0 Å². The van der Waals surface area contributed by atoms with E-state index < -0.39 is 16.5 Å². The molecule has 0 aliphatic carbocycles. The Morgan fingerprint density at radius 3 is 2.95 bits per heavy atom. The molecular formula is C13H17NO5S. The number of benzene rings is 1. The van der Waals surface area contributed by atoms with E-state index in [9.17, 15) is 13.0 Å². The van der Waals surface area contributed by atoms with Crippen LogP contribution in [-0.2, 0) is 25.8 Å². The van der Waals surface area contributed by atoms with Crippen LogP contribution in [0.15, 0.2) is 24.3 Å². The van der Waals surface area contributed by atoms with Gasteiger partial charge in [0, 0.05) is 12.0 Å². The third-order valence-corrected chi connectivity index (χ3v) is 4.50. The van der Waals surface area contributed by atoms with E-state index in [2.05, 4.69) is 10.2 Å². The Labute approximate surface area is 118 Å². The minimum absolute atomic E-state index is 0.0491. The van der Waals surface area contributed by atoms with Gasteiger partial charge in [0.2, 0.25) is 10.4 Å². The number of rotatable bonds is 5. The van der Waals surface area contributed by atoms with Crippen molar-refractivity contribution in [2.45, 2.75) is 32.1 Å². The number of nitrogens with zero attached hydrogens (tertiary/aromatic N) is 1. The highest BCUT2D eigenvalue weighted by atomic mass is 32.3. The Hall–Kier alpha value is -0.990. The molecule has 2 aliphatic rings. The summed E-state index contributed by atoms with van der Waals surface area (Å²) in [5.41, 5.74) is 2.42. The van der Waals surface area contributed by atoms with Crippen LogP contribution in [0.2, 0.25) is 0 Å². The predicted octanol–water partition coefficient (Wildman–Crippen LogP) is 1.26. The zero-order valence-electron chi connectivity index (χ0n) is 11.2. The largest absolute Gasteiger partial charge is 0.726 e. The van der Waals surface area contributed by atoms with E-state index in [-0.39, 0.29) is 6.23 Å². The summed E-state index contributed by atoms with van der Waals surface area (Å²) in [7, 11) is -4.67. The van der Waals surface area contributed by atoms with Crippen LogP contribution >= 0.6 is 0 Å². The molecular weight excluding hydrogens is 282 g/mol. The number of quaternary nitrogens is 1. The van der Waals surface area contributed by atoms with Crippen LogP contribution in [0.1, 0.15) is 30.7 Å². The maximum absolute atomic E-state index is 10.7. The van der Waals surface area contributed by atoms with Crippen molar-refractivity contribution in [1.29, 1.82) is 0 Å². The summed E-state index contributed by atoms with van der Waals surface area (Å²) < 4.78 is 37.2. The van der Waals surface area contributed by atoms with Crippen LogP contribution in [0.3, 0.4) is 0 Å². The lowest BCUT2D eigenvalue weighted by atomic mass is 9.99. The predicted molar refractivity (Wildman–Crippen MR) is 68.8 cm³/mol. The molecule has 0 spiro atoms. The second-order valence-corrected chi connectivity index (χ2v) is 6.31. The van der Waals surface area contributed by atoms with Gasteiger partial charge in [0.05, 0.1) is 0 Å². The average Bonchev–Trinajstić information content (AvgIpc) is 3.11. The summed E-state index contributed by atoms with van der Waals surface area (Å²) in [6.45, 7) is 2.96. The van der Waals surface area contributed by atoms with Crippen molar-refractivity contribution in [1.82, 2.24) is 0 Å². The Bertz CT molecular complexity index is 617. The Morgan fingerprint density at radius 1 is 1.50 bits per heavy atom. The second kappa shape index (κ2) is 4.78. The normalized spacial score (nSPS) is 29.4. The van der Waals surface area contributed by atoms with Crippen LogP contribution in [0.25, 0.3) is 0 Å². The molecule has 7 heteroatoms. The first-order valence-corrected chi connectivity index (χ1v) is 8.04. The molecule has 2 aliphatic heterocycles. The first-order valence-electron chi connectivity index (χ1n) is 6.70.